The average Bonchev–Trinajstić information content (AvgIpc) is 2.82. The topological polar surface area (TPSA) is 23.6 Å². The van der Waals surface area contributed by atoms with Gasteiger partial charge in [-0.2, -0.15) is 0 Å². The third kappa shape index (κ3) is 3.53. The van der Waals surface area contributed by atoms with Gasteiger partial charge in [-0.25, -0.2) is 4.39 Å². The largest absolute Gasteiger partial charge is 0.342 e. The quantitative estimate of drug-likeness (QED) is 0.345. The Morgan fingerprint density at radius 3 is 2.16 bits per heavy atom. The molecule has 0 unspecified atom stereocenters. The van der Waals surface area contributed by atoms with Crippen LogP contribution in [-0.4, -0.2) is 5.91 Å². The molecule has 0 aromatic heterocycles. The molecule has 0 spiro atoms. The number of hydrogen-bond acceptors (Lipinski definition) is 2. The summed E-state index contributed by atoms with van der Waals surface area (Å²) < 4.78 is 15.3. The highest BCUT2D eigenvalue weighted by Gasteiger charge is 2.41. The van der Waals surface area contributed by atoms with E-state index in [-0.39, 0.29) is 16.5 Å². The molecule has 0 fully saturated rings. The van der Waals surface area contributed by atoms with Crippen molar-refractivity contribution in [1.82, 2.24) is 0 Å². The van der Waals surface area contributed by atoms with Crippen LogP contribution in [-0.2, 0) is 6.54 Å². The highest BCUT2D eigenvalue weighted by Crippen LogP contribution is 2.44. The van der Waals surface area contributed by atoms with Crippen LogP contribution in [0.15, 0.2) is 103 Å². The summed E-state index contributed by atoms with van der Waals surface area (Å²) >= 11 is 6.55. The second-order valence-corrected chi connectivity index (χ2v) is 8.06. The van der Waals surface area contributed by atoms with Crippen LogP contribution < -0.4 is 9.80 Å². The van der Waals surface area contributed by atoms with Crippen molar-refractivity contribution >= 4 is 28.9 Å². The number of fused-ring (bicyclic) bond motifs is 1. The Morgan fingerprint density at radius 2 is 1.44 bits per heavy atom. The maximum atomic E-state index is 15.3. The minimum Gasteiger partial charge on any atom is -0.342 e. The number of halogens is 2. The molecule has 1 aliphatic rings. The van der Waals surface area contributed by atoms with E-state index in [1.807, 2.05) is 89.8 Å². The molecular formula is C27H20ClFN2O. The molecule has 1 amide bonds. The Labute approximate surface area is 191 Å². The molecule has 32 heavy (non-hydrogen) atoms. The molecule has 0 aliphatic carbocycles. The lowest BCUT2D eigenvalue weighted by Crippen LogP contribution is -2.50. The van der Waals surface area contributed by atoms with E-state index in [1.165, 1.54) is 6.07 Å². The molecular weight excluding hydrogens is 423 g/mol. The fourth-order valence-electron chi connectivity index (χ4n) is 4.26. The van der Waals surface area contributed by atoms with Gasteiger partial charge in [0.15, 0.2) is 0 Å². The standard InChI is InChI=1S/C27H20ClFN2O/c28-22-15-9-16-23(29)25(22)26-30(18-19-10-3-1-4-11-19)24-17-8-7-14-21(24)27(32)31(26)20-12-5-2-6-13-20/h1-17,26H,18H2/t26-/m1/s1. The van der Waals surface area contributed by atoms with Gasteiger partial charge in [-0.3, -0.25) is 9.69 Å². The number of benzene rings is 4. The lowest BCUT2D eigenvalue weighted by atomic mass is 9.98. The van der Waals surface area contributed by atoms with Crippen molar-refractivity contribution in [2.24, 2.45) is 0 Å². The predicted molar refractivity (Wildman–Crippen MR) is 126 cm³/mol. The summed E-state index contributed by atoms with van der Waals surface area (Å²) in [5, 5.41) is 0.279. The normalized spacial score (nSPS) is 15.6. The van der Waals surface area contributed by atoms with Gasteiger partial charge in [0.05, 0.1) is 16.3 Å². The predicted octanol–water partition coefficient (Wildman–Crippen LogP) is 6.84. The first-order valence-electron chi connectivity index (χ1n) is 10.4. The number of carbonyl (C=O) groups is 1. The molecule has 158 valence electrons. The maximum absolute atomic E-state index is 15.3. The molecule has 1 heterocycles. The minimum absolute atomic E-state index is 0.194. The molecule has 5 rings (SSSR count). The van der Waals surface area contributed by atoms with E-state index in [4.69, 9.17) is 11.6 Å². The second-order valence-electron chi connectivity index (χ2n) is 7.65. The van der Waals surface area contributed by atoms with Gasteiger partial charge in [-0.1, -0.05) is 78.3 Å². The lowest BCUT2D eigenvalue weighted by Gasteiger charge is -2.46. The number of amides is 1. The van der Waals surface area contributed by atoms with Gasteiger partial charge in [0.2, 0.25) is 0 Å². The van der Waals surface area contributed by atoms with E-state index in [9.17, 15) is 4.79 Å². The Kier molecular flexibility index (Phi) is 5.38. The van der Waals surface area contributed by atoms with Gasteiger partial charge < -0.3 is 4.90 Å². The molecule has 1 aliphatic heterocycles. The monoisotopic (exact) mass is 442 g/mol. The van der Waals surface area contributed by atoms with Crippen LogP contribution in [0.25, 0.3) is 0 Å². The maximum Gasteiger partial charge on any atom is 0.262 e. The smallest absolute Gasteiger partial charge is 0.262 e. The number of hydrogen-bond donors (Lipinski definition) is 0. The fraction of sp³-hybridized carbons (Fsp3) is 0.0741. The summed E-state index contributed by atoms with van der Waals surface area (Å²) in [6, 6.07) is 31.3. The van der Waals surface area contributed by atoms with Crippen LogP contribution in [0.4, 0.5) is 15.8 Å². The van der Waals surface area contributed by atoms with Gasteiger partial charge >= 0.3 is 0 Å². The van der Waals surface area contributed by atoms with Crippen molar-refractivity contribution in [3.63, 3.8) is 0 Å². The summed E-state index contributed by atoms with van der Waals surface area (Å²) in [6.07, 6.45) is -0.756. The number of anilines is 2. The molecule has 0 saturated carbocycles. The van der Waals surface area contributed by atoms with Crippen molar-refractivity contribution < 1.29 is 9.18 Å². The average molecular weight is 443 g/mol. The van der Waals surface area contributed by atoms with Crippen LogP contribution in [0, 0.1) is 5.82 Å². The van der Waals surface area contributed by atoms with Crippen molar-refractivity contribution in [1.29, 1.82) is 0 Å². The molecule has 3 nitrogen and oxygen atoms in total. The lowest BCUT2D eigenvalue weighted by molar-refractivity contribution is 0.0967. The molecule has 0 bridgehead atoms. The zero-order valence-corrected chi connectivity index (χ0v) is 17.9. The summed E-state index contributed by atoms with van der Waals surface area (Å²) in [5.41, 5.74) is 3.31. The van der Waals surface area contributed by atoms with Crippen LogP contribution >= 0.6 is 11.6 Å². The van der Waals surface area contributed by atoms with Crippen LogP contribution in [0.1, 0.15) is 27.7 Å². The molecule has 0 radical (unpaired) electrons. The van der Waals surface area contributed by atoms with Gasteiger partial charge in [0.25, 0.3) is 5.91 Å². The molecule has 4 aromatic carbocycles. The number of rotatable bonds is 4. The zero-order chi connectivity index (χ0) is 22.1. The van der Waals surface area contributed by atoms with Crippen molar-refractivity contribution in [2.45, 2.75) is 12.7 Å². The fourth-order valence-corrected chi connectivity index (χ4v) is 4.52. The van der Waals surface area contributed by atoms with Gasteiger partial charge in [0.1, 0.15) is 12.0 Å². The van der Waals surface area contributed by atoms with Crippen LogP contribution in [0.2, 0.25) is 5.02 Å². The van der Waals surface area contributed by atoms with Crippen molar-refractivity contribution in [2.75, 3.05) is 9.80 Å². The number of nitrogens with zero attached hydrogens (tertiary/aromatic N) is 2. The first kappa shape index (κ1) is 20.3. The Bertz CT molecular complexity index is 1240. The van der Waals surface area contributed by atoms with E-state index in [2.05, 4.69) is 0 Å². The minimum atomic E-state index is -0.756. The van der Waals surface area contributed by atoms with Gasteiger partial charge in [0, 0.05) is 17.8 Å². The second kappa shape index (κ2) is 8.48. The zero-order valence-electron chi connectivity index (χ0n) is 17.2. The van der Waals surface area contributed by atoms with E-state index >= 15 is 4.39 Å². The summed E-state index contributed by atoms with van der Waals surface area (Å²) in [7, 11) is 0. The van der Waals surface area contributed by atoms with E-state index in [0.717, 1.165) is 11.3 Å². The highest BCUT2D eigenvalue weighted by atomic mass is 35.5. The molecule has 5 heteroatoms. The third-order valence-corrected chi connectivity index (χ3v) is 6.02. The van der Waals surface area contributed by atoms with E-state index in [0.29, 0.717) is 17.8 Å². The Hall–Kier alpha value is -3.63. The Balaban J connectivity index is 1.78. The highest BCUT2D eigenvalue weighted by molar-refractivity contribution is 6.31. The van der Waals surface area contributed by atoms with Crippen LogP contribution in [0.5, 0.6) is 0 Å². The van der Waals surface area contributed by atoms with Gasteiger partial charge in [-0.15, -0.1) is 0 Å². The summed E-state index contributed by atoms with van der Waals surface area (Å²) in [6.45, 7) is 0.476. The van der Waals surface area contributed by atoms with Crippen LogP contribution in [0.3, 0.4) is 0 Å². The van der Waals surface area contributed by atoms with Gasteiger partial charge in [-0.05, 0) is 42.0 Å². The van der Waals surface area contributed by atoms with Crippen molar-refractivity contribution in [3.8, 4) is 0 Å². The third-order valence-electron chi connectivity index (χ3n) is 5.69. The molecule has 4 aromatic rings. The first-order valence-corrected chi connectivity index (χ1v) is 10.7. The SMILES string of the molecule is O=C1c2ccccc2N(Cc2ccccc2)[C@@H](c2c(F)cccc2Cl)N1c1ccccc1. The number of carbonyl (C=O) groups excluding carboxylic acids is 1. The van der Waals surface area contributed by atoms with E-state index < -0.39 is 12.0 Å². The van der Waals surface area contributed by atoms with Crippen molar-refractivity contribution in [3.05, 3.63) is 131 Å². The Morgan fingerprint density at radius 1 is 0.781 bits per heavy atom. The molecule has 0 saturated heterocycles. The molecule has 0 N–H and O–H groups in total. The summed E-state index contributed by atoms with van der Waals surface area (Å²) in [4.78, 5) is 17.4. The number of para-hydroxylation sites is 2. The first-order chi connectivity index (χ1) is 15.6. The molecule has 1 atom stereocenters. The summed E-state index contributed by atoms with van der Waals surface area (Å²) in [5.74, 6) is -0.644. The van der Waals surface area contributed by atoms with E-state index in [1.54, 1.807) is 17.0 Å².